The number of Topliss-reactive ketones (excluding diaryl/α,β-unsaturated/α-hetero) is 2. The SMILES string of the molecule is CC(C)[Si](C/C=C/CCC1(C)C(=O)CCCC1=O)(c1ccccc1)C(C)C. The second-order valence-electron chi connectivity index (χ2n) is 8.96. The van der Waals surface area contributed by atoms with Gasteiger partial charge in [0.2, 0.25) is 0 Å². The Morgan fingerprint density at radius 1 is 0.963 bits per heavy atom. The number of allylic oxidation sites excluding steroid dienone is 2. The monoisotopic (exact) mass is 384 g/mol. The average molecular weight is 385 g/mol. The Balaban J connectivity index is 2.09. The highest BCUT2D eigenvalue weighted by Crippen LogP contribution is 2.37. The molecule has 1 saturated carbocycles. The van der Waals surface area contributed by atoms with Gasteiger partial charge in [-0.05, 0) is 43.3 Å². The number of hydrogen-bond acceptors (Lipinski definition) is 2. The highest BCUT2D eigenvalue weighted by molar-refractivity contribution is 6.94. The Kier molecular flexibility index (Phi) is 7.38. The molecule has 1 aliphatic carbocycles. The van der Waals surface area contributed by atoms with Gasteiger partial charge in [-0.15, -0.1) is 0 Å². The molecule has 1 aromatic carbocycles. The first-order chi connectivity index (χ1) is 12.7. The average Bonchev–Trinajstić information content (AvgIpc) is 2.63. The van der Waals surface area contributed by atoms with E-state index < -0.39 is 13.5 Å². The van der Waals surface area contributed by atoms with Crippen LogP contribution in [0.1, 0.15) is 66.7 Å². The Bertz CT molecular complexity index is 649. The Morgan fingerprint density at radius 3 is 2.04 bits per heavy atom. The molecule has 0 aliphatic heterocycles. The Labute approximate surface area is 166 Å². The van der Waals surface area contributed by atoms with Crippen LogP contribution in [-0.4, -0.2) is 19.6 Å². The lowest BCUT2D eigenvalue weighted by Crippen LogP contribution is -2.52. The van der Waals surface area contributed by atoms with E-state index in [1.165, 1.54) is 5.19 Å². The van der Waals surface area contributed by atoms with Crippen LogP contribution < -0.4 is 5.19 Å². The zero-order valence-electron chi connectivity index (χ0n) is 17.8. The summed E-state index contributed by atoms with van der Waals surface area (Å²) in [6.07, 6.45) is 7.88. The molecule has 0 bridgehead atoms. The minimum atomic E-state index is -1.68. The van der Waals surface area contributed by atoms with Crippen LogP contribution in [0, 0.1) is 5.41 Å². The Morgan fingerprint density at radius 2 is 1.52 bits per heavy atom. The quantitative estimate of drug-likeness (QED) is 0.321. The molecule has 1 fully saturated rings. The lowest BCUT2D eigenvalue weighted by atomic mass is 9.71. The van der Waals surface area contributed by atoms with Gasteiger partial charge in [0, 0.05) is 12.8 Å². The van der Waals surface area contributed by atoms with Gasteiger partial charge in [-0.25, -0.2) is 0 Å². The summed E-state index contributed by atoms with van der Waals surface area (Å²) in [6.45, 7) is 11.3. The van der Waals surface area contributed by atoms with E-state index >= 15 is 0 Å². The van der Waals surface area contributed by atoms with Crippen molar-refractivity contribution in [2.45, 2.75) is 83.8 Å². The number of benzene rings is 1. The van der Waals surface area contributed by atoms with Crippen molar-refractivity contribution in [1.82, 2.24) is 0 Å². The van der Waals surface area contributed by atoms with Crippen LogP contribution in [0.4, 0.5) is 0 Å². The third kappa shape index (κ3) is 4.51. The summed E-state index contributed by atoms with van der Waals surface area (Å²) in [5, 5.41) is 1.53. The Hall–Kier alpha value is -1.48. The molecule has 0 spiro atoms. The van der Waals surface area contributed by atoms with Crippen LogP contribution in [-0.2, 0) is 9.59 Å². The third-order valence-corrected chi connectivity index (χ3v) is 13.3. The molecule has 0 atom stereocenters. The summed E-state index contributed by atoms with van der Waals surface area (Å²) >= 11 is 0. The fourth-order valence-electron chi connectivity index (χ4n) is 4.83. The minimum Gasteiger partial charge on any atom is -0.299 e. The van der Waals surface area contributed by atoms with Gasteiger partial charge in [0.05, 0.1) is 13.5 Å². The fraction of sp³-hybridized carbons (Fsp3) is 0.583. The smallest absolute Gasteiger partial charge is 0.146 e. The van der Waals surface area contributed by atoms with Crippen molar-refractivity contribution in [3.8, 4) is 0 Å². The van der Waals surface area contributed by atoms with Gasteiger partial charge in [0.1, 0.15) is 11.6 Å². The van der Waals surface area contributed by atoms with E-state index in [1.54, 1.807) is 0 Å². The first kappa shape index (κ1) is 21.8. The molecule has 0 aromatic heterocycles. The standard InChI is InChI=1S/C24H36O2Si/c1-19(2)27(20(3)4,21-13-8-6-9-14-21)18-11-7-10-17-24(5)22(25)15-12-16-23(24)26/h6-9,11,13-14,19-20H,10,12,15-18H2,1-5H3/b11-7+. The fourth-order valence-corrected chi connectivity index (χ4v) is 10.0. The van der Waals surface area contributed by atoms with E-state index in [-0.39, 0.29) is 11.6 Å². The molecule has 27 heavy (non-hydrogen) atoms. The van der Waals surface area contributed by atoms with Gasteiger partial charge in [-0.2, -0.15) is 0 Å². The molecule has 0 unspecified atom stereocenters. The van der Waals surface area contributed by atoms with E-state index in [9.17, 15) is 9.59 Å². The summed E-state index contributed by atoms with van der Waals surface area (Å²) in [4.78, 5) is 24.6. The van der Waals surface area contributed by atoms with Crippen molar-refractivity contribution in [2.24, 2.45) is 5.41 Å². The topological polar surface area (TPSA) is 34.1 Å². The molecule has 2 rings (SSSR count). The zero-order chi connectivity index (χ0) is 20.1. The second-order valence-corrected chi connectivity index (χ2v) is 14.3. The van der Waals surface area contributed by atoms with E-state index in [1.807, 2.05) is 6.92 Å². The third-order valence-electron chi connectivity index (χ3n) is 6.84. The molecular formula is C24H36O2Si. The van der Waals surface area contributed by atoms with Crippen LogP contribution in [0.25, 0.3) is 0 Å². The van der Waals surface area contributed by atoms with Crippen molar-refractivity contribution < 1.29 is 9.59 Å². The molecule has 2 nitrogen and oxygen atoms in total. The van der Waals surface area contributed by atoms with Gasteiger partial charge in [0.25, 0.3) is 0 Å². The first-order valence-electron chi connectivity index (χ1n) is 10.5. The van der Waals surface area contributed by atoms with Crippen molar-refractivity contribution >= 4 is 24.8 Å². The molecular weight excluding hydrogens is 348 g/mol. The summed E-state index contributed by atoms with van der Waals surface area (Å²) in [5.41, 5.74) is 0.569. The van der Waals surface area contributed by atoms with Gasteiger partial charge >= 0.3 is 0 Å². The van der Waals surface area contributed by atoms with Crippen LogP contribution in [0.5, 0.6) is 0 Å². The van der Waals surface area contributed by atoms with Crippen LogP contribution in [0.15, 0.2) is 42.5 Å². The summed E-state index contributed by atoms with van der Waals surface area (Å²) in [6, 6.07) is 12.1. The van der Waals surface area contributed by atoms with Crippen LogP contribution in [0.2, 0.25) is 17.1 Å². The lowest BCUT2D eigenvalue weighted by Gasteiger charge is -2.39. The van der Waals surface area contributed by atoms with E-state index in [4.69, 9.17) is 0 Å². The first-order valence-corrected chi connectivity index (χ1v) is 12.9. The molecule has 0 saturated heterocycles. The second kappa shape index (κ2) is 9.14. The van der Waals surface area contributed by atoms with Crippen molar-refractivity contribution in [3.05, 3.63) is 42.5 Å². The molecule has 0 heterocycles. The number of hydrogen-bond donors (Lipinski definition) is 0. The number of rotatable bonds is 8. The molecule has 0 N–H and O–H groups in total. The normalized spacial score (nSPS) is 18.0. The van der Waals surface area contributed by atoms with E-state index in [0.29, 0.717) is 30.3 Å². The number of carbonyl (C=O) groups excluding carboxylic acids is 2. The zero-order valence-corrected chi connectivity index (χ0v) is 18.8. The number of carbonyl (C=O) groups is 2. The summed E-state index contributed by atoms with van der Waals surface area (Å²) < 4.78 is 0. The minimum absolute atomic E-state index is 0.143. The van der Waals surface area contributed by atoms with Crippen molar-refractivity contribution in [3.63, 3.8) is 0 Å². The van der Waals surface area contributed by atoms with Crippen molar-refractivity contribution in [2.75, 3.05) is 0 Å². The molecule has 1 aliphatic rings. The van der Waals surface area contributed by atoms with Gasteiger partial charge < -0.3 is 0 Å². The molecule has 148 valence electrons. The van der Waals surface area contributed by atoms with Crippen LogP contribution in [0.3, 0.4) is 0 Å². The van der Waals surface area contributed by atoms with Gasteiger partial charge in [-0.1, -0.05) is 75.4 Å². The summed E-state index contributed by atoms with van der Waals surface area (Å²) in [7, 11) is -1.68. The molecule has 0 amide bonds. The van der Waals surface area contributed by atoms with Gasteiger partial charge in [0.15, 0.2) is 0 Å². The maximum atomic E-state index is 12.3. The lowest BCUT2D eigenvalue weighted by molar-refractivity contribution is -0.143. The molecule has 1 aromatic rings. The maximum Gasteiger partial charge on any atom is 0.146 e. The number of ketones is 2. The highest BCUT2D eigenvalue weighted by Gasteiger charge is 2.42. The molecule has 3 heteroatoms. The van der Waals surface area contributed by atoms with Gasteiger partial charge in [-0.3, -0.25) is 9.59 Å². The highest BCUT2D eigenvalue weighted by atomic mass is 28.3. The largest absolute Gasteiger partial charge is 0.299 e. The summed E-state index contributed by atoms with van der Waals surface area (Å²) in [5.74, 6) is 0.286. The molecule has 0 radical (unpaired) electrons. The maximum absolute atomic E-state index is 12.3. The van der Waals surface area contributed by atoms with Crippen molar-refractivity contribution in [1.29, 1.82) is 0 Å². The predicted octanol–water partition coefficient (Wildman–Crippen LogP) is 5.83. The van der Waals surface area contributed by atoms with E-state index in [2.05, 4.69) is 70.2 Å². The van der Waals surface area contributed by atoms with Crippen LogP contribution >= 0.6 is 0 Å². The van der Waals surface area contributed by atoms with E-state index in [0.717, 1.165) is 18.9 Å². The predicted molar refractivity (Wildman–Crippen MR) is 117 cm³/mol.